The van der Waals surface area contributed by atoms with E-state index in [1.54, 1.807) is 0 Å². The van der Waals surface area contributed by atoms with Crippen molar-refractivity contribution in [3.05, 3.63) is 68.6 Å². The Balaban J connectivity index is 1.65. The Morgan fingerprint density at radius 1 is 0.867 bits per heavy atom. The van der Waals surface area contributed by atoms with E-state index in [0.717, 1.165) is 28.2 Å². The number of halogens is 2. The number of carbonyl (C=O) groups is 2. The van der Waals surface area contributed by atoms with Crippen molar-refractivity contribution in [1.82, 2.24) is 10.6 Å². The minimum atomic E-state index is -0.0928. The van der Waals surface area contributed by atoms with Crippen LogP contribution in [0.1, 0.15) is 60.7 Å². The number of hydrogen-bond acceptors (Lipinski definition) is 2. The van der Waals surface area contributed by atoms with Gasteiger partial charge in [0.25, 0.3) is 11.8 Å². The smallest absolute Gasteiger partial charge is 0.251 e. The van der Waals surface area contributed by atoms with E-state index < -0.39 is 0 Å². The summed E-state index contributed by atoms with van der Waals surface area (Å²) in [4.78, 5) is 25.3. The molecule has 1 aliphatic carbocycles. The van der Waals surface area contributed by atoms with E-state index in [9.17, 15) is 9.59 Å². The number of rotatable bonds is 5. The Bertz CT molecular complexity index is 910. The molecule has 0 saturated heterocycles. The highest BCUT2D eigenvalue weighted by Crippen LogP contribution is 2.45. The molecule has 6 heteroatoms. The molecule has 0 bridgehead atoms. The molecule has 0 unspecified atom stereocenters. The van der Waals surface area contributed by atoms with Gasteiger partial charge >= 0.3 is 0 Å². The zero-order chi connectivity index (χ0) is 21.9. The van der Waals surface area contributed by atoms with Gasteiger partial charge in [-0.05, 0) is 78.6 Å². The van der Waals surface area contributed by atoms with Crippen LogP contribution in [-0.2, 0) is 0 Å². The SMILES string of the molecule is CC1(C)C[C@@H](NC(=O)c2ccc(Br)cc2)C[C@](C)(CNC(=O)c2ccc(Br)cc2)C1. The molecule has 1 fully saturated rings. The van der Waals surface area contributed by atoms with Crippen LogP contribution in [-0.4, -0.2) is 24.4 Å². The van der Waals surface area contributed by atoms with Crippen molar-refractivity contribution in [2.24, 2.45) is 10.8 Å². The molecule has 3 rings (SSSR count). The fourth-order valence-electron chi connectivity index (χ4n) is 4.74. The highest BCUT2D eigenvalue weighted by atomic mass is 79.9. The first kappa shape index (κ1) is 23.0. The van der Waals surface area contributed by atoms with Gasteiger partial charge in [-0.3, -0.25) is 9.59 Å². The third-order valence-electron chi connectivity index (χ3n) is 5.67. The first-order valence-corrected chi connectivity index (χ1v) is 11.7. The number of benzene rings is 2. The molecule has 0 radical (unpaired) electrons. The quantitative estimate of drug-likeness (QED) is 0.496. The molecule has 0 spiro atoms. The Hall–Kier alpha value is -1.66. The van der Waals surface area contributed by atoms with Crippen molar-refractivity contribution in [3.8, 4) is 0 Å². The number of carbonyl (C=O) groups excluding carboxylic acids is 2. The summed E-state index contributed by atoms with van der Waals surface area (Å²) in [7, 11) is 0. The fraction of sp³-hybridized carbons (Fsp3) is 0.417. The predicted molar refractivity (Wildman–Crippen MR) is 128 cm³/mol. The molecule has 2 aromatic rings. The summed E-state index contributed by atoms with van der Waals surface area (Å²) in [6, 6.07) is 14.8. The van der Waals surface area contributed by atoms with Crippen LogP contribution in [0.5, 0.6) is 0 Å². The van der Waals surface area contributed by atoms with Crippen LogP contribution in [0.3, 0.4) is 0 Å². The first-order valence-electron chi connectivity index (χ1n) is 10.2. The van der Waals surface area contributed by atoms with E-state index in [4.69, 9.17) is 0 Å². The number of hydrogen-bond donors (Lipinski definition) is 2. The first-order chi connectivity index (χ1) is 14.1. The van der Waals surface area contributed by atoms with Crippen molar-refractivity contribution in [2.45, 2.75) is 46.1 Å². The maximum absolute atomic E-state index is 12.7. The summed E-state index contributed by atoms with van der Waals surface area (Å²) < 4.78 is 1.90. The standard InChI is InChI=1S/C24H28Br2N2O2/c1-23(2)12-20(28-22(30)17-6-10-19(26)11-7-17)13-24(3,14-23)15-27-21(29)16-4-8-18(25)9-5-16/h4-11,20H,12-15H2,1-3H3,(H,27,29)(H,28,30)/t20-,24+/m1/s1. The lowest BCUT2D eigenvalue weighted by atomic mass is 9.62. The van der Waals surface area contributed by atoms with Crippen molar-refractivity contribution in [2.75, 3.05) is 6.54 Å². The average molecular weight is 536 g/mol. The van der Waals surface area contributed by atoms with Crippen LogP contribution >= 0.6 is 31.9 Å². The third-order valence-corrected chi connectivity index (χ3v) is 6.72. The number of nitrogens with one attached hydrogen (secondary N) is 2. The van der Waals surface area contributed by atoms with Crippen LogP contribution in [0, 0.1) is 10.8 Å². The minimum absolute atomic E-state index is 0.0496. The summed E-state index contributed by atoms with van der Waals surface area (Å²) in [5.41, 5.74) is 1.29. The van der Waals surface area contributed by atoms with Crippen molar-refractivity contribution < 1.29 is 9.59 Å². The van der Waals surface area contributed by atoms with Gasteiger partial charge in [-0.2, -0.15) is 0 Å². The highest BCUT2D eigenvalue weighted by molar-refractivity contribution is 9.10. The van der Waals surface area contributed by atoms with E-state index in [1.165, 1.54) is 0 Å². The molecule has 2 N–H and O–H groups in total. The molecule has 2 amide bonds. The van der Waals surface area contributed by atoms with Gasteiger partial charge in [-0.1, -0.05) is 52.6 Å². The Kier molecular flexibility index (Phi) is 7.08. The minimum Gasteiger partial charge on any atom is -0.351 e. The van der Waals surface area contributed by atoms with E-state index >= 15 is 0 Å². The van der Waals surface area contributed by atoms with Crippen LogP contribution in [0.25, 0.3) is 0 Å². The predicted octanol–water partition coefficient (Wildman–Crippen LogP) is 5.96. The lowest BCUT2D eigenvalue weighted by Crippen LogP contribution is -2.50. The molecular formula is C24H28Br2N2O2. The summed E-state index contributed by atoms with van der Waals surface area (Å²) in [6.45, 7) is 7.25. The largest absolute Gasteiger partial charge is 0.351 e. The van der Waals surface area contributed by atoms with Gasteiger partial charge in [-0.25, -0.2) is 0 Å². The molecule has 4 nitrogen and oxygen atoms in total. The summed E-state index contributed by atoms with van der Waals surface area (Å²) in [5.74, 6) is -0.117. The Morgan fingerprint density at radius 2 is 1.37 bits per heavy atom. The van der Waals surface area contributed by atoms with Gasteiger partial charge in [0.1, 0.15) is 0 Å². The van der Waals surface area contributed by atoms with Crippen LogP contribution in [0.2, 0.25) is 0 Å². The molecule has 0 aliphatic heterocycles. The van der Waals surface area contributed by atoms with Gasteiger partial charge < -0.3 is 10.6 Å². The van der Waals surface area contributed by atoms with Gasteiger partial charge in [0.05, 0.1) is 0 Å². The highest BCUT2D eigenvalue weighted by Gasteiger charge is 2.41. The second-order valence-electron chi connectivity index (χ2n) is 9.43. The van der Waals surface area contributed by atoms with E-state index in [2.05, 4.69) is 63.3 Å². The summed E-state index contributed by atoms with van der Waals surface area (Å²) in [6.07, 6.45) is 2.75. The summed E-state index contributed by atoms with van der Waals surface area (Å²) in [5, 5.41) is 6.32. The van der Waals surface area contributed by atoms with Crippen molar-refractivity contribution in [3.63, 3.8) is 0 Å². The average Bonchev–Trinajstić information content (AvgIpc) is 2.65. The zero-order valence-corrected chi connectivity index (χ0v) is 20.8. The van der Waals surface area contributed by atoms with Gasteiger partial charge in [0.2, 0.25) is 0 Å². The van der Waals surface area contributed by atoms with E-state index in [-0.39, 0.29) is 28.7 Å². The second-order valence-corrected chi connectivity index (χ2v) is 11.3. The van der Waals surface area contributed by atoms with Gasteiger partial charge in [0.15, 0.2) is 0 Å². The lowest BCUT2D eigenvalue weighted by Gasteiger charge is -2.47. The Labute approximate surface area is 195 Å². The van der Waals surface area contributed by atoms with Crippen molar-refractivity contribution in [1.29, 1.82) is 0 Å². The lowest BCUT2D eigenvalue weighted by molar-refractivity contribution is 0.0592. The van der Waals surface area contributed by atoms with Crippen molar-refractivity contribution >= 4 is 43.7 Å². The second kappa shape index (κ2) is 9.23. The molecule has 160 valence electrons. The fourth-order valence-corrected chi connectivity index (χ4v) is 5.27. The molecule has 0 heterocycles. The van der Waals surface area contributed by atoms with Gasteiger partial charge in [0, 0.05) is 32.7 Å². The van der Waals surface area contributed by atoms with Crippen LogP contribution in [0.4, 0.5) is 0 Å². The molecule has 1 aliphatic rings. The molecule has 0 aromatic heterocycles. The zero-order valence-electron chi connectivity index (χ0n) is 17.6. The van der Waals surface area contributed by atoms with E-state index in [0.29, 0.717) is 17.7 Å². The molecular weight excluding hydrogens is 508 g/mol. The van der Waals surface area contributed by atoms with Gasteiger partial charge in [-0.15, -0.1) is 0 Å². The molecule has 30 heavy (non-hydrogen) atoms. The van der Waals surface area contributed by atoms with E-state index in [1.807, 2.05) is 48.5 Å². The normalized spacial score (nSPS) is 22.9. The maximum atomic E-state index is 12.7. The Morgan fingerprint density at radius 3 is 1.90 bits per heavy atom. The van der Waals surface area contributed by atoms with Crippen LogP contribution < -0.4 is 10.6 Å². The van der Waals surface area contributed by atoms with Crippen LogP contribution in [0.15, 0.2) is 57.5 Å². The molecule has 2 aromatic carbocycles. The monoisotopic (exact) mass is 534 g/mol. The topological polar surface area (TPSA) is 58.2 Å². The number of amides is 2. The third kappa shape index (κ3) is 6.17. The molecule has 1 saturated carbocycles. The summed E-state index contributed by atoms with van der Waals surface area (Å²) >= 11 is 6.80. The maximum Gasteiger partial charge on any atom is 0.251 e. The molecule has 2 atom stereocenters.